The highest BCUT2D eigenvalue weighted by atomic mass is 15.2. The van der Waals surface area contributed by atoms with Gasteiger partial charge in [-0.15, -0.1) is 0 Å². The molecule has 0 atom stereocenters. The molecule has 0 spiro atoms. The molecule has 0 fully saturated rings. The zero-order valence-corrected chi connectivity index (χ0v) is 32.9. The summed E-state index contributed by atoms with van der Waals surface area (Å²) < 4.78 is 0. The molecule has 0 saturated heterocycles. The molecule has 284 valence electrons. The first kappa shape index (κ1) is 36.3. The summed E-state index contributed by atoms with van der Waals surface area (Å²) in [5.74, 6) is 0. The Morgan fingerprint density at radius 2 is 0.533 bits per heavy atom. The fraction of sp³-hybridized carbons (Fsp3) is 0. The van der Waals surface area contributed by atoms with Crippen LogP contribution < -0.4 is 9.80 Å². The van der Waals surface area contributed by atoms with Crippen molar-refractivity contribution >= 4 is 44.9 Å². The van der Waals surface area contributed by atoms with Gasteiger partial charge >= 0.3 is 0 Å². The summed E-state index contributed by atoms with van der Waals surface area (Å²) in [6.45, 7) is 0. The fourth-order valence-corrected chi connectivity index (χ4v) is 7.94. The van der Waals surface area contributed by atoms with Crippen LogP contribution in [-0.2, 0) is 0 Å². The zero-order valence-electron chi connectivity index (χ0n) is 32.9. The van der Waals surface area contributed by atoms with Crippen molar-refractivity contribution in [1.29, 1.82) is 0 Å². The Morgan fingerprint density at radius 1 is 0.233 bits per heavy atom. The van der Waals surface area contributed by atoms with E-state index < -0.39 is 0 Å². The molecule has 0 aliphatic carbocycles. The van der Waals surface area contributed by atoms with Gasteiger partial charge in [-0.05, 0) is 140 Å². The second-order valence-electron chi connectivity index (χ2n) is 14.8. The van der Waals surface area contributed by atoms with E-state index in [1.807, 2.05) is 49.1 Å². The van der Waals surface area contributed by atoms with Gasteiger partial charge in [0.25, 0.3) is 0 Å². The lowest BCUT2D eigenvalue weighted by Gasteiger charge is -2.25. The van der Waals surface area contributed by atoms with Crippen LogP contribution in [0.3, 0.4) is 0 Å². The maximum absolute atomic E-state index is 4.44. The van der Waals surface area contributed by atoms with Crippen LogP contribution in [-0.4, -0.2) is 9.97 Å². The van der Waals surface area contributed by atoms with Crippen LogP contribution in [0.2, 0.25) is 0 Å². The van der Waals surface area contributed by atoms with Gasteiger partial charge in [0, 0.05) is 35.1 Å². The molecule has 0 bridgehead atoms. The number of hydrogen-bond donors (Lipinski definition) is 0. The lowest BCUT2D eigenvalue weighted by molar-refractivity contribution is 1.23. The Balaban J connectivity index is 0.894. The molecule has 10 rings (SSSR count). The predicted octanol–water partition coefficient (Wildman–Crippen LogP) is 15.2. The number of rotatable bonds is 10. The van der Waals surface area contributed by atoms with E-state index in [9.17, 15) is 0 Å². The van der Waals surface area contributed by atoms with Gasteiger partial charge in [0.1, 0.15) is 0 Å². The second-order valence-corrected chi connectivity index (χ2v) is 14.8. The number of pyridine rings is 2. The van der Waals surface area contributed by atoms with Crippen LogP contribution in [0.25, 0.3) is 55.3 Å². The van der Waals surface area contributed by atoms with Crippen molar-refractivity contribution in [2.75, 3.05) is 9.80 Å². The summed E-state index contributed by atoms with van der Waals surface area (Å²) in [6.07, 6.45) is 7.45. The summed E-state index contributed by atoms with van der Waals surface area (Å²) >= 11 is 0. The minimum absolute atomic E-state index is 1.01. The third-order valence-corrected chi connectivity index (χ3v) is 11.0. The number of hydrogen-bond acceptors (Lipinski definition) is 4. The van der Waals surface area contributed by atoms with E-state index in [0.29, 0.717) is 0 Å². The van der Waals surface area contributed by atoms with Crippen molar-refractivity contribution in [3.63, 3.8) is 0 Å². The van der Waals surface area contributed by atoms with Gasteiger partial charge in [-0.1, -0.05) is 133 Å². The predicted molar refractivity (Wildman–Crippen MR) is 251 cm³/mol. The molecule has 0 radical (unpaired) electrons. The average Bonchev–Trinajstić information content (AvgIpc) is 3.33. The molecule has 4 nitrogen and oxygen atoms in total. The van der Waals surface area contributed by atoms with E-state index in [4.69, 9.17) is 0 Å². The number of aromatic nitrogens is 2. The summed E-state index contributed by atoms with van der Waals surface area (Å²) in [5.41, 5.74) is 15.8. The van der Waals surface area contributed by atoms with E-state index in [-0.39, 0.29) is 0 Å². The Hall–Kier alpha value is -8.08. The number of anilines is 6. The van der Waals surface area contributed by atoms with Gasteiger partial charge in [0.05, 0.1) is 23.8 Å². The Kier molecular flexibility index (Phi) is 9.92. The summed E-state index contributed by atoms with van der Waals surface area (Å²) in [6, 6.07) is 77.7. The second kappa shape index (κ2) is 16.4. The molecule has 8 aromatic carbocycles. The molecular formula is C56H40N4. The lowest BCUT2D eigenvalue weighted by atomic mass is 9.97. The number of fused-ring (bicyclic) bond motifs is 1. The smallest absolute Gasteiger partial charge is 0.0644 e. The van der Waals surface area contributed by atoms with Crippen molar-refractivity contribution in [2.24, 2.45) is 0 Å². The SMILES string of the molecule is c1ccc(-c2ccc(N(c3ccc(-c4ccc5cc(-c6ccc(N(c7ccc(-c8ccccc8)cc7)c7cccnc7)cc6)ccc5c4)cc3)c3cccnc3)cc2)cc1. The maximum atomic E-state index is 4.44. The summed E-state index contributed by atoms with van der Waals surface area (Å²) in [5, 5.41) is 2.41. The van der Waals surface area contributed by atoms with Gasteiger partial charge in [0.2, 0.25) is 0 Å². The summed E-state index contributed by atoms with van der Waals surface area (Å²) in [7, 11) is 0. The third-order valence-electron chi connectivity index (χ3n) is 11.0. The quantitative estimate of drug-likeness (QED) is 0.139. The van der Waals surface area contributed by atoms with Crippen molar-refractivity contribution in [2.45, 2.75) is 0 Å². The molecular weight excluding hydrogens is 729 g/mol. The fourth-order valence-electron chi connectivity index (χ4n) is 7.94. The number of benzene rings is 8. The van der Waals surface area contributed by atoms with Gasteiger partial charge in [0.15, 0.2) is 0 Å². The highest BCUT2D eigenvalue weighted by Gasteiger charge is 2.15. The average molecular weight is 769 g/mol. The van der Waals surface area contributed by atoms with E-state index in [2.05, 4.69) is 214 Å². The molecule has 0 aliphatic rings. The van der Waals surface area contributed by atoms with Gasteiger partial charge in [-0.25, -0.2) is 0 Å². The van der Waals surface area contributed by atoms with Crippen molar-refractivity contribution in [3.8, 4) is 44.5 Å². The van der Waals surface area contributed by atoms with E-state index in [1.165, 1.54) is 55.3 Å². The molecule has 2 heterocycles. The molecule has 4 heteroatoms. The number of nitrogens with zero attached hydrogens (tertiary/aromatic N) is 4. The minimum atomic E-state index is 1.01. The Labute approximate surface area is 351 Å². The largest absolute Gasteiger partial charge is 0.309 e. The molecule has 0 N–H and O–H groups in total. The third kappa shape index (κ3) is 7.53. The summed E-state index contributed by atoms with van der Waals surface area (Å²) in [4.78, 5) is 13.4. The van der Waals surface area contributed by atoms with Gasteiger partial charge in [-0.2, -0.15) is 0 Å². The van der Waals surface area contributed by atoms with Crippen LogP contribution in [0.5, 0.6) is 0 Å². The molecule has 2 aromatic heterocycles. The van der Waals surface area contributed by atoms with E-state index in [0.717, 1.165) is 34.1 Å². The molecule has 10 aromatic rings. The first-order chi connectivity index (χ1) is 29.7. The van der Waals surface area contributed by atoms with Gasteiger partial charge < -0.3 is 9.80 Å². The minimum Gasteiger partial charge on any atom is -0.309 e. The van der Waals surface area contributed by atoms with Crippen molar-refractivity contribution in [1.82, 2.24) is 9.97 Å². The van der Waals surface area contributed by atoms with E-state index in [1.54, 1.807) is 0 Å². The van der Waals surface area contributed by atoms with Crippen LogP contribution in [0.4, 0.5) is 34.1 Å². The first-order valence-corrected chi connectivity index (χ1v) is 20.2. The Morgan fingerprint density at radius 3 is 0.850 bits per heavy atom. The van der Waals surface area contributed by atoms with Crippen LogP contribution in [0, 0.1) is 0 Å². The maximum Gasteiger partial charge on any atom is 0.0644 e. The molecule has 60 heavy (non-hydrogen) atoms. The Bertz CT molecular complexity index is 2760. The first-order valence-electron chi connectivity index (χ1n) is 20.2. The lowest BCUT2D eigenvalue weighted by Crippen LogP contribution is -2.10. The topological polar surface area (TPSA) is 32.3 Å². The zero-order chi connectivity index (χ0) is 40.1. The molecule has 0 amide bonds. The van der Waals surface area contributed by atoms with E-state index >= 15 is 0 Å². The molecule has 0 unspecified atom stereocenters. The monoisotopic (exact) mass is 768 g/mol. The van der Waals surface area contributed by atoms with Crippen molar-refractivity contribution < 1.29 is 0 Å². The van der Waals surface area contributed by atoms with Crippen molar-refractivity contribution in [3.05, 3.63) is 243 Å². The van der Waals surface area contributed by atoms with Crippen LogP contribution in [0.1, 0.15) is 0 Å². The molecule has 0 saturated carbocycles. The highest BCUT2D eigenvalue weighted by molar-refractivity contribution is 5.91. The van der Waals surface area contributed by atoms with Crippen LogP contribution >= 0.6 is 0 Å². The highest BCUT2D eigenvalue weighted by Crippen LogP contribution is 2.39. The van der Waals surface area contributed by atoms with Gasteiger partial charge in [-0.3, -0.25) is 9.97 Å². The van der Waals surface area contributed by atoms with Crippen LogP contribution in [0.15, 0.2) is 243 Å². The standard InChI is InChI=1S/C56H40N4/c1-3-9-41(10-4-1)43-19-27-51(28-20-43)59(55-13-7-35-57-39-55)53-31-23-45(24-32-53)47-15-17-50-38-48(16-18-49(50)37-47)46-25-33-54(34-26-46)60(56-14-8-36-58-40-56)52-29-21-44(22-30-52)42-11-5-2-6-12-42/h1-40H. The molecule has 0 aliphatic heterocycles. The normalized spacial score (nSPS) is 11.0.